The van der Waals surface area contributed by atoms with E-state index in [1.807, 2.05) is 30.3 Å². The molecule has 0 atom stereocenters. The SMILES string of the molecule is COC(=O)C1=C(c2ccc3c(c2)OCO3)NCc2cc(OC)c(OC)cc2S1. The average molecular weight is 401 g/mol. The molecule has 7 nitrogen and oxygen atoms in total. The maximum absolute atomic E-state index is 12.6. The molecule has 8 heteroatoms. The van der Waals surface area contributed by atoms with Gasteiger partial charge in [-0.1, -0.05) is 11.8 Å². The number of esters is 1. The van der Waals surface area contributed by atoms with Crippen LogP contribution in [-0.2, 0) is 16.1 Å². The molecule has 2 aliphatic rings. The lowest BCUT2D eigenvalue weighted by molar-refractivity contribution is -0.135. The molecule has 2 aromatic rings. The molecule has 146 valence electrons. The Hall–Kier alpha value is -3.00. The summed E-state index contributed by atoms with van der Waals surface area (Å²) in [6.07, 6.45) is 0. The number of methoxy groups -OCH3 is 3. The van der Waals surface area contributed by atoms with E-state index in [-0.39, 0.29) is 6.79 Å². The molecule has 2 heterocycles. The first-order valence-corrected chi connectivity index (χ1v) is 9.35. The Balaban J connectivity index is 1.80. The highest BCUT2D eigenvalue weighted by Gasteiger charge is 2.26. The van der Waals surface area contributed by atoms with Gasteiger partial charge in [0.25, 0.3) is 0 Å². The molecule has 0 spiro atoms. The summed E-state index contributed by atoms with van der Waals surface area (Å²) in [4.78, 5) is 13.9. The van der Waals surface area contributed by atoms with Crippen LogP contribution in [0.5, 0.6) is 23.0 Å². The van der Waals surface area contributed by atoms with Crippen LogP contribution in [-0.4, -0.2) is 34.1 Å². The summed E-state index contributed by atoms with van der Waals surface area (Å²) < 4.78 is 26.7. The van der Waals surface area contributed by atoms with Crippen molar-refractivity contribution in [3.05, 3.63) is 46.4 Å². The van der Waals surface area contributed by atoms with Gasteiger partial charge < -0.3 is 29.0 Å². The van der Waals surface area contributed by atoms with Crippen molar-refractivity contribution in [1.29, 1.82) is 0 Å². The van der Waals surface area contributed by atoms with E-state index >= 15 is 0 Å². The summed E-state index contributed by atoms with van der Waals surface area (Å²) in [6, 6.07) is 9.34. The number of carbonyl (C=O) groups is 1. The number of rotatable bonds is 4. The van der Waals surface area contributed by atoms with Gasteiger partial charge >= 0.3 is 5.97 Å². The Morgan fingerprint density at radius 2 is 1.79 bits per heavy atom. The number of fused-ring (bicyclic) bond motifs is 2. The smallest absolute Gasteiger partial charge is 0.346 e. The lowest BCUT2D eigenvalue weighted by atomic mass is 10.1. The first kappa shape index (κ1) is 18.4. The predicted molar refractivity (Wildman–Crippen MR) is 104 cm³/mol. The number of carbonyl (C=O) groups excluding carboxylic acids is 1. The van der Waals surface area contributed by atoms with E-state index in [1.54, 1.807) is 14.2 Å². The van der Waals surface area contributed by atoms with Gasteiger partial charge in [0.1, 0.15) is 4.91 Å². The number of hydrogen-bond acceptors (Lipinski definition) is 8. The van der Waals surface area contributed by atoms with Gasteiger partial charge in [-0.25, -0.2) is 4.79 Å². The topological polar surface area (TPSA) is 75.3 Å². The minimum absolute atomic E-state index is 0.189. The first-order chi connectivity index (χ1) is 13.6. The quantitative estimate of drug-likeness (QED) is 0.783. The Labute approximate surface area is 166 Å². The fourth-order valence-electron chi connectivity index (χ4n) is 3.08. The molecule has 28 heavy (non-hydrogen) atoms. The van der Waals surface area contributed by atoms with E-state index in [1.165, 1.54) is 18.9 Å². The third kappa shape index (κ3) is 3.20. The van der Waals surface area contributed by atoms with E-state index in [0.29, 0.717) is 40.1 Å². The maximum Gasteiger partial charge on any atom is 0.346 e. The summed E-state index contributed by atoms with van der Waals surface area (Å²) in [5.41, 5.74) is 2.47. The van der Waals surface area contributed by atoms with Crippen LogP contribution in [0.15, 0.2) is 40.1 Å². The highest BCUT2D eigenvalue weighted by atomic mass is 32.2. The minimum atomic E-state index is -0.423. The molecular formula is C20H19NO6S. The molecule has 0 saturated carbocycles. The fraction of sp³-hybridized carbons (Fsp3) is 0.250. The lowest BCUT2D eigenvalue weighted by Gasteiger charge is -2.13. The minimum Gasteiger partial charge on any atom is -0.493 e. The van der Waals surface area contributed by atoms with Crippen molar-refractivity contribution < 1.29 is 28.5 Å². The lowest BCUT2D eigenvalue weighted by Crippen LogP contribution is -2.15. The molecule has 2 aromatic carbocycles. The number of ether oxygens (including phenoxy) is 5. The van der Waals surface area contributed by atoms with E-state index in [2.05, 4.69) is 5.32 Å². The van der Waals surface area contributed by atoms with Crippen LogP contribution in [0.1, 0.15) is 11.1 Å². The summed E-state index contributed by atoms with van der Waals surface area (Å²) in [6.45, 7) is 0.696. The second kappa shape index (κ2) is 7.55. The van der Waals surface area contributed by atoms with Gasteiger partial charge in [-0.05, 0) is 35.9 Å². The second-order valence-corrected chi connectivity index (χ2v) is 7.09. The molecule has 0 radical (unpaired) electrons. The van der Waals surface area contributed by atoms with Gasteiger partial charge in [0, 0.05) is 17.0 Å². The van der Waals surface area contributed by atoms with Gasteiger partial charge in [-0.15, -0.1) is 0 Å². The predicted octanol–water partition coefficient (Wildman–Crippen LogP) is 3.17. The molecule has 1 N–H and O–H groups in total. The average Bonchev–Trinajstić information content (AvgIpc) is 3.12. The Kier molecular flexibility index (Phi) is 4.95. The fourth-order valence-corrected chi connectivity index (χ4v) is 4.19. The normalized spacial score (nSPS) is 14.7. The van der Waals surface area contributed by atoms with E-state index in [4.69, 9.17) is 23.7 Å². The molecular weight excluding hydrogens is 382 g/mol. The van der Waals surface area contributed by atoms with Crippen LogP contribution in [0.4, 0.5) is 0 Å². The van der Waals surface area contributed by atoms with Crippen LogP contribution in [0.3, 0.4) is 0 Å². The molecule has 0 amide bonds. The standard InChI is InChI=1S/C20H19NO6S/c1-23-14-7-12-9-21-18(11-4-5-13-16(6-11)27-10-26-13)19(20(22)25-3)28-17(12)8-15(14)24-2/h4-8,21H,9-10H2,1-3H3. The molecule has 0 fully saturated rings. The summed E-state index contributed by atoms with van der Waals surface area (Å²) in [5.74, 6) is 2.14. The zero-order valence-electron chi connectivity index (χ0n) is 15.7. The Bertz CT molecular complexity index is 971. The summed E-state index contributed by atoms with van der Waals surface area (Å²) >= 11 is 1.33. The highest BCUT2D eigenvalue weighted by Crippen LogP contribution is 2.43. The van der Waals surface area contributed by atoms with E-state index in [9.17, 15) is 4.79 Å². The molecule has 0 unspecified atom stereocenters. The molecule has 2 aliphatic heterocycles. The molecule has 0 saturated heterocycles. The highest BCUT2D eigenvalue weighted by molar-refractivity contribution is 8.04. The summed E-state index contributed by atoms with van der Waals surface area (Å²) in [7, 11) is 4.55. The number of benzene rings is 2. The van der Waals surface area contributed by atoms with Gasteiger partial charge in [0.2, 0.25) is 6.79 Å². The van der Waals surface area contributed by atoms with Crippen molar-refractivity contribution in [3.8, 4) is 23.0 Å². The van der Waals surface area contributed by atoms with Crippen molar-refractivity contribution in [3.63, 3.8) is 0 Å². The number of thioether (sulfide) groups is 1. The number of hydrogen-bond donors (Lipinski definition) is 1. The van der Waals surface area contributed by atoms with Crippen LogP contribution in [0, 0.1) is 0 Å². The zero-order chi connectivity index (χ0) is 19.7. The van der Waals surface area contributed by atoms with Gasteiger partial charge in [0.05, 0.1) is 27.0 Å². The second-order valence-electron chi connectivity index (χ2n) is 6.03. The molecule has 0 bridgehead atoms. The largest absolute Gasteiger partial charge is 0.493 e. The van der Waals surface area contributed by atoms with E-state index < -0.39 is 5.97 Å². The Morgan fingerprint density at radius 1 is 1.04 bits per heavy atom. The third-order valence-corrected chi connectivity index (χ3v) is 5.67. The summed E-state index contributed by atoms with van der Waals surface area (Å²) in [5, 5.41) is 3.36. The molecule has 4 rings (SSSR count). The van der Waals surface area contributed by atoms with Crippen LogP contribution < -0.4 is 24.3 Å². The van der Waals surface area contributed by atoms with Crippen molar-refractivity contribution in [2.45, 2.75) is 11.4 Å². The third-order valence-electron chi connectivity index (χ3n) is 4.49. The van der Waals surface area contributed by atoms with Crippen molar-refractivity contribution >= 4 is 23.4 Å². The number of nitrogens with one attached hydrogen (secondary N) is 1. The van der Waals surface area contributed by atoms with Crippen LogP contribution in [0.25, 0.3) is 5.70 Å². The van der Waals surface area contributed by atoms with Crippen molar-refractivity contribution in [2.24, 2.45) is 0 Å². The monoisotopic (exact) mass is 401 g/mol. The van der Waals surface area contributed by atoms with Crippen LogP contribution in [0.2, 0.25) is 0 Å². The molecule has 0 aliphatic carbocycles. The first-order valence-electron chi connectivity index (χ1n) is 8.53. The maximum atomic E-state index is 12.6. The van der Waals surface area contributed by atoms with Gasteiger partial charge in [-0.3, -0.25) is 0 Å². The van der Waals surface area contributed by atoms with E-state index in [0.717, 1.165) is 16.0 Å². The zero-order valence-corrected chi connectivity index (χ0v) is 16.5. The van der Waals surface area contributed by atoms with Crippen molar-refractivity contribution in [1.82, 2.24) is 5.32 Å². The molecule has 0 aromatic heterocycles. The van der Waals surface area contributed by atoms with Crippen molar-refractivity contribution in [2.75, 3.05) is 28.1 Å². The van der Waals surface area contributed by atoms with Gasteiger partial charge in [-0.2, -0.15) is 0 Å². The van der Waals surface area contributed by atoms with Crippen LogP contribution >= 0.6 is 11.8 Å². The van der Waals surface area contributed by atoms with Gasteiger partial charge in [0.15, 0.2) is 23.0 Å². The Morgan fingerprint density at radius 3 is 2.54 bits per heavy atom.